The van der Waals surface area contributed by atoms with Crippen molar-refractivity contribution in [3.63, 3.8) is 0 Å². The van der Waals surface area contributed by atoms with E-state index >= 15 is 0 Å². The van der Waals surface area contributed by atoms with E-state index in [9.17, 15) is 11.8 Å². The smallest absolute Gasteiger partial charge is 0.232 e. The van der Waals surface area contributed by atoms with Crippen LogP contribution < -0.4 is 0 Å². The third-order valence-electron chi connectivity index (χ3n) is 16.5. The lowest BCUT2D eigenvalue weighted by Crippen LogP contribution is -2.15. The van der Waals surface area contributed by atoms with Gasteiger partial charge in [0.15, 0.2) is 0 Å². The molecule has 362 valence electrons. The van der Waals surface area contributed by atoms with Crippen LogP contribution in [0.4, 0.5) is 5.69 Å². The first kappa shape index (κ1) is 42.5. The van der Waals surface area contributed by atoms with Gasteiger partial charge in [-0.15, -0.1) is 0 Å². The average molecular weight is 997 g/mol. The number of furan rings is 2. The Morgan fingerprint density at radius 1 is 0.359 bits per heavy atom. The van der Waals surface area contributed by atoms with E-state index in [0.29, 0.717) is 11.4 Å². The van der Waals surface area contributed by atoms with E-state index in [0.717, 1.165) is 154 Å². The Morgan fingerprint density at radius 3 is 1.15 bits per heavy atom. The third kappa shape index (κ3) is 5.39. The van der Waals surface area contributed by atoms with Gasteiger partial charge in [-0.3, -0.25) is 0 Å². The second-order valence-electron chi connectivity index (χ2n) is 20.7. The van der Waals surface area contributed by atoms with E-state index in [4.69, 9.17) is 13.7 Å². The van der Waals surface area contributed by atoms with Crippen LogP contribution in [0.5, 0.6) is 0 Å². The summed E-state index contributed by atoms with van der Waals surface area (Å²) in [7, 11) is 0. The molecule has 0 unspecified atom stereocenters. The summed E-state index contributed by atoms with van der Waals surface area (Å²) >= 11 is 0. The van der Waals surface area contributed by atoms with Gasteiger partial charge >= 0.3 is 0 Å². The molecule has 8 heteroatoms. The molecule has 0 amide bonds. The first-order valence-corrected chi connectivity index (χ1v) is 26.2. The molecule has 0 fully saturated rings. The van der Waals surface area contributed by atoms with Crippen LogP contribution in [0.2, 0.25) is 0 Å². The molecule has 0 bridgehead atoms. The molecule has 0 saturated carbocycles. The topological polar surface area (TPSA) is 74.2 Å². The fraction of sp³-hybridized carbons (Fsp3) is 0.0286. The maximum atomic E-state index is 12.6. The highest BCUT2D eigenvalue weighted by Crippen LogP contribution is 2.53. The first-order valence-electron chi connectivity index (χ1n) is 26.2. The summed E-state index contributed by atoms with van der Waals surface area (Å²) in [6.45, 7) is 14.0. The molecule has 78 heavy (non-hydrogen) atoms. The summed E-state index contributed by atoms with van der Waals surface area (Å²) in [4.78, 5) is 4.71. The van der Waals surface area contributed by atoms with Crippen LogP contribution in [0.15, 0.2) is 215 Å². The van der Waals surface area contributed by atoms with E-state index in [1.807, 2.05) is 24.3 Å². The highest BCUT2D eigenvalue weighted by molar-refractivity contribution is 6.27. The lowest BCUT2D eigenvalue weighted by molar-refractivity contribution is 0.669. The molecule has 0 aliphatic rings. The van der Waals surface area contributed by atoms with Gasteiger partial charge in [0.1, 0.15) is 22.3 Å². The predicted octanol–water partition coefficient (Wildman–Crippen LogP) is 18.9. The number of nitriles is 1. The third-order valence-corrected chi connectivity index (χ3v) is 16.5. The van der Waals surface area contributed by atoms with Crippen molar-refractivity contribution in [3.8, 4) is 28.8 Å². The maximum Gasteiger partial charge on any atom is 0.232 e. The van der Waals surface area contributed by atoms with Crippen LogP contribution in [-0.2, 0) is 0 Å². The Balaban J connectivity index is 1.24. The average Bonchev–Trinajstić information content (AvgIpc) is 3.49. The molecule has 17 rings (SSSR count). The molecule has 0 N–H and O–H groups in total. The van der Waals surface area contributed by atoms with Crippen molar-refractivity contribution >= 4 is 137 Å². The quantitative estimate of drug-likeness (QED) is 0.165. The van der Waals surface area contributed by atoms with Crippen LogP contribution in [0.25, 0.3) is 159 Å². The number of aryl methyl sites for hydroxylation is 2. The molecule has 6 aromatic heterocycles. The standard InChI is InChI=1S/C70H40N6O2/c1-39-28-32-56-49(36-39)45-30-34-60-62(47-20-8-14-26-58(47)77-60)65(45)75(56)67-51(38-71)64(72-3)68(76-57-33-29-40(2)37-50(57)46-31-35-61-63(66(46)76)48-21-9-15-27-59(48)78-61)70(74-54-24-12-6-18-43(54)44-19-7-13-25-55(44)74)69(67)73-52-22-10-4-16-41(52)42-17-5-11-23-53(42)73/h4-37H,1-2H3. The van der Waals surface area contributed by atoms with Crippen molar-refractivity contribution in [1.29, 1.82) is 5.26 Å². The van der Waals surface area contributed by atoms with Gasteiger partial charge in [-0.05, 0) is 98.8 Å². The molecule has 0 saturated heterocycles. The SMILES string of the molecule is [C-]#[N+]c1c(C#N)c(-n2c3ccc(C)cc3c3ccc4oc5ccccc5c4c32)c(-n2c3ccccc3c3ccccc32)c(-n2c3ccccc3c3ccccc32)c1-n1c2ccc(C)cc2c2ccc3oc4ccccc4c3c21. The van der Waals surface area contributed by atoms with Gasteiger partial charge < -0.3 is 27.1 Å². The Hall–Kier alpha value is -10.8. The minimum Gasteiger partial charge on any atom is -0.456 e. The van der Waals surface area contributed by atoms with Crippen LogP contribution in [0.1, 0.15) is 16.7 Å². The number of rotatable bonds is 4. The summed E-state index contributed by atoms with van der Waals surface area (Å²) in [5, 5.41) is 24.6. The molecule has 11 aromatic carbocycles. The van der Waals surface area contributed by atoms with Gasteiger partial charge in [0.25, 0.3) is 0 Å². The fourth-order valence-corrected chi connectivity index (χ4v) is 13.4. The second kappa shape index (κ2) is 15.4. The maximum absolute atomic E-state index is 12.6. The Kier molecular flexibility index (Phi) is 8.40. The summed E-state index contributed by atoms with van der Waals surface area (Å²) in [5.41, 5.74) is 15.6. The van der Waals surface area contributed by atoms with E-state index in [2.05, 4.69) is 220 Å². The van der Waals surface area contributed by atoms with E-state index in [1.165, 1.54) is 0 Å². The van der Waals surface area contributed by atoms with Crippen molar-refractivity contribution in [1.82, 2.24) is 18.3 Å². The summed E-state index contributed by atoms with van der Waals surface area (Å²) in [5.74, 6) is 0. The van der Waals surface area contributed by atoms with Crippen LogP contribution in [-0.4, -0.2) is 18.3 Å². The second-order valence-corrected chi connectivity index (χ2v) is 20.7. The Bertz CT molecular complexity index is 5180. The summed E-state index contributed by atoms with van der Waals surface area (Å²) < 4.78 is 22.8. The van der Waals surface area contributed by atoms with Gasteiger partial charge in [-0.1, -0.05) is 132 Å². The molecule has 0 aliphatic heterocycles. The molecule has 0 aliphatic carbocycles. The zero-order valence-electron chi connectivity index (χ0n) is 42.1. The summed E-state index contributed by atoms with van der Waals surface area (Å²) in [6, 6.07) is 75.1. The minimum absolute atomic E-state index is 0.212. The highest BCUT2D eigenvalue weighted by Gasteiger charge is 2.36. The van der Waals surface area contributed by atoms with Gasteiger partial charge in [-0.25, -0.2) is 4.85 Å². The van der Waals surface area contributed by atoms with Crippen LogP contribution >= 0.6 is 0 Å². The van der Waals surface area contributed by atoms with E-state index in [1.54, 1.807) is 0 Å². The van der Waals surface area contributed by atoms with E-state index in [-0.39, 0.29) is 11.3 Å². The number of hydrogen-bond acceptors (Lipinski definition) is 3. The molecular formula is C70H40N6O2. The van der Waals surface area contributed by atoms with Crippen molar-refractivity contribution in [2.45, 2.75) is 13.8 Å². The number of para-hydroxylation sites is 6. The van der Waals surface area contributed by atoms with Crippen LogP contribution in [0.3, 0.4) is 0 Å². The Labute approximate surface area is 444 Å². The van der Waals surface area contributed by atoms with Crippen molar-refractivity contribution in [3.05, 3.63) is 234 Å². The number of nitrogens with zero attached hydrogens (tertiary/aromatic N) is 6. The molecule has 0 atom stereocenters. The molecule has 0 radical (unpaired) electrons. The summed E-state index contributed by atoms with van der Waals surface area (Å²) in [6.07, 6.45) is 0. The first-order chi connectivity index (χ1) is 38.5. The molecule has 17 aromatic rings. The normalized spacial score (nSPS) is 12.2. The van der Waals surface area contributed by atoms with Gasteiger partial charge in [0.2, 0.25) is 5.69 Å². The molecule has 6 heterocycles. The number of fused-ring (bicyclic) bond motifs is 20. The highest BCUT2D eigenvalue weighted by atomic mass is 16.3. The van der Waals surface area contributed by atoms with Crippen molar-refractivity contribution in [2.24, 2.45) is 0 Å². The Morgan fingerprint density at radius 2 is 0.731 bits per heavy atom. The van der Waals surface area contributed by atoms with Gasteiger partial charge in [0.05, 0.1) is 95.9 Å². The van der Waals surface area contributed by atoms with Gasteiger partial charge in [-0.2, -0.15) is 5.26 Å². The zero-order chi connectivity index (χ0) is 51.7. The predicted molar refractivity (Wildman–Crippen MR) is 319 cm³/mol. The fourth-order valence-electron chi connectivity index (χ4n) is 13.4. The number of benzene rings is 11. The van der Waals surface area contributed by atoms with E-state index < -0.39 is 0 Å². The van der Waals surface area contributed by atoms with Crippen molar-refractivity contribution < 1.29 is 8.83 Å². The van der Waals surface area contributed by atoms with Gasteiger partial charge in [0, 0.05) is 53.9 Å². The number of hydrogen-bond donors (Lipinski definition) is 0. The largest absolute Gasteiger partial charge is 0.456 e. The molecular weight excluding hydrogens is 957 g/mol. The minimum atomic E-state index is 0.212. The lowest BCUT2D eigenvalue weighted by Gasteiger charge is -2.28. The lowest BCUT2D eigenvalue weighted by atomic mass is 10.0. The van der Waals surface area contributed by atoms with Crippen LogP contribution in [0, 0.1) is 31.8 Å². The number of aromatic nitrogens is 4. The molecule has 0 spiro atoms. The molecule has 8 nitrogen and oxygen atoms in total. The zero-order valence-corrected chi connectivity index (χ0v) is 42.1. The monoisotopic (exact) mass is 996 g/mol. The van der Waals surface area contributed by atoms with Crippen molar-refractivity contribution in [2.75, 3.05) is 0 Å².